The third kappa shape index (κ3) is 2.82. The van der Waals surface area contributed by atoms with E-state index >= 15 is 0 Å². The van der Waals surface area contributed by atoms with Crippen LogP contribution in [-0.2, 0) is 9.59 Å². The number of carbonyl (C=O) groups is 2. The van der Waals surface area contributed by atoms with Crippen LogP contribution in [0.4, 0.5) is 5.69 Å². The highest BCUT2D eigenvalue weighted by Gasteiger charge is 2.24. The number of carbonyl (C=O) groups excluding carboxylic acids is 1. The molecule has 0 fully saturated rings. The number of nitrogens with one attached hydrogen (secondary N) is 1. The van der Waals surface area contributed by atoms with E-state index in [4.69, 9.17) is 5.11 Å². The highest BCUT2D eigenvalue weighted by atomic mass is 16.4. The van der Waals surface area contributed by atoms with E-state index in [-0.39, 0.29) is 6.42 Å². The van der Waals surface area contributed by atoms with Gasteiger partial charge in [0.15, 0.2) is 0 Å². The molecule has 0 aliphatic carbocycles. The topological polar surface area (TPSA) is 66.4 Å². The molecule has 86 valence electrons. The summed E-state index contributed by atoms with van der Waals surface area (Å²) in [5.41, 5.74) is 1.57. The molecule has 0 spiro atoms. The predicted molar refractivity (Wildman–Crippen MR) is 61.2 cm³/mol. The molecule has 1 rings (SSSR count). The molecule has 1 aromatic carbocycles. The van der Waals surface area contributed by atoms with Crippen LogP contribution < -0.4 is 5.32 Å². The number of aliphatic carboxylic acids is 1. The van der Waals surface area contributed by atoms with Gasteiger partial charge in [-0.25, -0.2) is 0 Å². The number of para-hydroxylation sites is 1. The molecule has 4 nitrogen and oxygen atoms in total. The number of carboxylic acid groups (broad SMARTS) is 1. The van der Waals surface area contributed by atoms with Gasteiger partial charge in [-0.3, -0.25) is 9.59 Å². The molecule has 0 saturated carbocycles. The van der Waals surface area contributed by atoms with Crippen molar-refractivity contribution in [1.29, 1.82) is 0 Å². The van der Waals surface area contributed by atoms with E-state index in [9.17, 15) is 9.59 Å². The Morgan fingerprint density at radius 2 is 2.00 bits per heavy atom. The lowest BCUT2D eigenvalue weighted by Gasteiger charge is -2.12. The van der Waals surface area contributed by atoms with Crippen molar-refractivity contribution in [3.8, 4) is 0 Å². The van der Waals surface area contributed by atoms with Gasteiger partial charge in [-0.2, -0.15) is 0 Å². The molecular weight excluding hydrogens is 206 g/mol. The fourth-order valence-corrected chi connectivity index (χ4v) is 1.41. The Balaban J connectivity index is 2.78. The van der Waals surface area contributed by atoms with Gasteiger partial charge in [-0.1, -0.05) is 25.1 Å². The van der Waals surface area contributed by atoms with E-state index in [0.29, 0.717) is 5.69 Å². The zero-order valence-corrected chi connectivity index (χ0v) is 9.36. The Bertz CT molecular complexity index is 401. The first-order chi connectivity index (χ1) is 7.56. The maximum Gasteiger partial charge on any atom is 0.316 e. The van der Waals surface area contributed by atoms with Crippen LogP contribution in [0.2, 0.25) is 0 Å². The summed E-state index contributed by atoms with van der Waals surface area (Å²) in [6.45, 7) is 3.54. The van der Waals surface area contributed by atoms with Crippen molar-refractivity contribution in [2.24, 2.45) is 5.92 Å². The molecule has 0 aliphatic heterocycles. The van der Waals surface area contributed by atoms with E-state index in [2.05, 4.69) is 5.32 Å². The van der Waals surface area contributed by atoms with Crippen molar-refractivity contribution >= 4 is 17.6 Å². The largest absolute Gasteiger partial charge is 0.481 e. The number of benzene rings is 1. The van der Waals surface area contributed by atoms with E-state index in [1.807, 2.05) is 19.1 Å². The molecule has 1 unspecified atom stereocenters. The van der Waals surface area contributed by atoms with Crippen LogP contribution in [0.5, 0.6) is 0 Å². The lowest BCUT2D eigenvalue weighted by molar-refractivity contribution is -0.145. The SMILES string of the molecule is CCC(C(=O)O)C(=O)Nc1ccccc1C. The van der Waals surface area contributed by atoms with E-state index in [0.717, 1.165) is 5.56 Å². The van der Waals surface area contributed by atoms with Crippen LogP contribution in [0.1, 0.15) is 18.9 Å². The Morgan fingerprint density at radius 1 is 1.38 bits per heavy atom. The number of hydrogen-bond donors (Lipinski definition) is 2. The summed E-state index contributed by atoms with van der Waals surface area (Å²) in [5.74, 6) is -2.54. The second-order valence-electron chi connectivity index (χ2n) is 3.60. The molecule has 0 aromatic heterocycles. The zero-order chi connectivity index (χ0) is 12.1. The number of carboxylic acids is 1. The highest BCUT2D eigenvalue weighted by Crippen LogP contribution is 2.15. The number of hydrogen-bond acceptors (Lipinski definition) is 2. The average Bonchev–Trinajstić information content (AvgIpc) is 2.22. The van der Waals surface area contributed by atoms with Gasteiger partial charge < -0.3 is 10.4 Å². The first kappa shape index (κ1) is 12.2. The number of rotatable bonds is 4. The highest BCUT2D eigenvalue weighted by molar-refractivity contribution is 6.04. The summed E-state index contributed by atoms with van der Waals surface area (Å²) >= 11 is 0. The molecule has 1 atom stereocenters. The van der Waals surface area contributed by atoms with Gasteiger partial charge in [0.2, 0.25) is 5.91 Å². The third-order valence-electron chi connectivity index (χ3n) is 2.43. The van der Waals surface area contributed by atoms with Crippen molar-refractivity contribution in [2.75, 3.05) is 5.32 Å². The zero-order valence-electron chi connectivity index (χ0n) is 9.36. The van der Waals surface area contributed by atoms with Gasteiger partial charge in [0, 0.05) is 5.69 Å². The Hall–Kier alpha value is -1.84. The van der Waals surface area contributed by atoms with Gasteiger partial charge >= 0.3 is 5.97 Å². The average molecular weight is 221 g/mol. The Morgan fingerprint density at radius 3 is 2.50 bits per heavy atom. The van der Waals surface area contributed by atoms with E-state index in [1.54, 1.807) is 19.1 Å². The third-order valence-corrected chi connectivity index (χ3v) is 2.43. The molecule has 0 saturated heterocycles. The van der Waals surface area contributed by atoms with E-state index < -0.39 is 17.8 Å². The maximum absolute atomic E-state index is 11.6. The summed E-state index contributed by atoms with van der Waals surface area (Å²) in [5, 5.41) is 11.5. The second-order valence-corrected chi connectivity index (χ2v) is 3.60. The van der Waals surface area contributed by atoms with Crippen molar-refractivity contribution in [3.63, 3.8) is 0 Å². The predicted octanol–water partition coefficient (Wildman–Crippen LogP) is 2.04. The standard InChI is InChI=1S/C12H15NO3/c1-3-9(12(15)16)11(14)13-10-7-5-4-6-8(10)2/h4-7,9H,3H2,1-2H3,(H,13,14)(H,15,16). The van der Waals surface area contributed by atoms with Gasteiger partial charge in [-0.05, 0) is 25.0 Å². The van der Waals surface area contributed by atoms with Crippen molar-refractivity contribution in [3.05, 3.63) is 29.8 Å². The number of aryl methyl sites for hydroxylation is 1. The van der Waals surface area contributed by atoms with Gasteiger partial charge in [0.1, 0.15) is 5.92 Å². The molecule has 0 radical (unpaired) electrons. The molecular formula is C12H15NO3. The van der Waals surface area contributed by atoms with Crippen molar-refractivity contribution in [2.45, 2.75) is 20.3 Å². The van der Waals surface area contributed by atoms with Crippen LogP contribution in [0.3, 0.4) is 0 Å². The fourth-order valence-electron chi connectivity index (χ4n) is 1.41. The van der Waals surface area contributed by atoms with E-state index in [1.165, 1.54) is 0 Å². The number of anilines is 1. The normalized spacial score (nSPS) is 11.9. The van der Waals surface area contributed by atoms with Crippen molar-refractivity contribution in [1.82, 2.24) is 0 Å². The minimum atomic E-state index is -1.09. The fraction of sp³-hybridized carbons (Fsp3) is 0.333. The molecule has 0 bridgehead atoms. The van der Waals surface area contributed by atoms with Gasteiger partial charge in [-0.15, -0.1) is 0 Å². The first-order valence-electron chi connectivity index (χ1n) is 5.15. The summed E-state index contributed by atoms with van der Waals surface area (Å²) in [4.78, 5) is 22.4. The van der Waals surface area contributed by atoms with Crippen LogP contribution in [-0.4, -0.2) is 17.0 Å². The smallest absolute Gasteiger partial charge is 0.316 e. The molecule has 1 aromatic rings. The van der Waals surface area contributed by atoms with Crippen LogP contribution >= 0.6 is 0 Å². The van der Waals surface area contributed by atoms with Gasteiger partial charge in [0.05, 0.1) is 0 Å². The quantitative estimate of drug-likeness (QED) is 0.764. The van der Waals surface area contributed by atoms with Crippen LogP contribution in [0.15, 0.2) is 24.3 Å². The Labute approximate surface area is 94.3 Å². The molecule has 4 heteroatoms. The monoisotopic (exact) mass is 221 g/mol. The minimum absolute atomic E-state index is 0.285. The molecule has 2 N–H and O–H groups in total. The molecule has 1 amide bonds. The summed E-state index contributed by atoms with van der Waals surface area (Å²) < 4.78 is 0. The lowest BCUT2D eigenvalue weighted by atomic mass is 10.1. The first-order valence-corrected chi connectivity index (χ1v) is 5.15. The molecule has 0 heterocycles. The lowest BCUT2D eigenvalue weighted by Crippen LogP contribution is -2.29. The van der Waals surface area contributed by atoms with Crippen molar-refractivity contribution < 1.29 is 14.7 Å². The number of amides is 1. The van der Waals surface area contributed by atoms with Crippen LogP contribution in [0.25, 0.3) is 0 Å². The van der Waals surface area contributed by atoms with Crippen LogP contribution in [0, 0.1) is 12.8 Å². The summed E-state index contributed by atoms with van der Waals surface area (Å²) in [6, 6.07) is 7.27. The molecule has 16 heavy (non-hydrogen) atoms. The Kier molecular flexibility index (Phi) is 4.05. The minimum Gasteiger partial charge on any atom is -0.481 e. The molecule has 0 aliphatic rings. The van der Waals surface area contributed by atoms with Gasteiger partial charge in [0.25, 0.3) is 0 Å². The second kappa shape index (κ2) is 5.30. The summed E-state index contributed by atoms with van der Waals surface area (Å²) in [7, 11) is 0. The maximum atomic E-state index is 11.6. The summed E-state index contributed by atoms with van der Waals surface area (Å²) in [6.07, 6.45) is 0.285.